The second kappa shape index (κ2) is 12.6. The van der Waals surface area contributed by atoms with Crippen LogP contribution < -0.4 is 0 Å². The van der Waals surface area contributed by atoms with Gasteiger partial charge in [-0.1, -0.05) is 95.9 Å². The van der Waals surface area contributed by atoms with Crippen LogP contribution in [0.2, 0.25) is 0 Å². The van der Waals surface area contributed by atoms with E-state index in [1.54, 1.807) is 11.1 Å². The van der Waals surface area contributed by atoms with Crippen molar-refractivity contribution in [3.05, 3.63) is 35.4 Å². The largest absolute Gasteiger partial charge is 0.0654 e. The van der Waals surface area contributed by atoms with Gasteiger partial charge in [0.05, 0.1) is 0 Å². The van der Waals surface area contributed by atoms with E-state index in [4.69, 9.17) is 0 Å². The van der Waals surface area contributed by atoms with Crippen LogP contribution in [0.5, 0.6) is 0 Å². The summed E-state index contributed by atoms with van der Waals surface area (Å²) < 4.78 is 0. The summed E-state index contributed by atoms with van der Waals surface area (Å²) in [5, 5.41) is 0. The minimum absolute atomic E-state index is 0.838. The topological polar surface area (TPSA) is 0 Å². The predicted molar refractivity (Wildman–Crippen MR) is 112 cm³/mol. The molecule has 0 atom stereocenters. The van der Waals surface area contributed by atoms with Gasteiger partial charge >= 0.3 is 0 Å². The summed E-state index contributed by atoms with van der Waals surface area (Å²) in [5.41, 5.74) is 3.16. The summed E-state index contributed by atoms with van der Waals surface area (Å²) in [7, 11) is 0. The lowest BCUT2D eigenvalue weighted by molar-refractivity contribution is 0.308. The van der Waals surface area contributed by atoms with Crippen molar-refractivity contribution >= 4 is 0 Å². The number of hydrogen-bond acceptors (Lipinski definition) is 0. The molecular weight excluding hydrogens is 300 g/mol. The highest BCUT2D eigenvalue weighted by Gasteiger charge is 2.21. The smallest absolute Gasteiger partial charge is 0.0162 e. The van der Waals surface area contributed by atoms with Crippen LogP contribution >= 0.6 is 0 Å². The summed E-state index contributed by atoms with van der Waals surface area (Å²) >= 11 is 0. The van der Waals surface area contributed by atoms with E-state index in [0.717, 1.165) is 11.8 Å². The highest BCUT2D eigenvalue weighted by atomic mass is 14.3. The van der Waals surface area contributed by atoms with Crippen LogP contribution in [-0.4, -0.2) is 0 Å². The van der Waals surface area contributed by atoms with Gasteiger partial charge in [-0.2, -0.15) is 0 Å². The molecule has 0 radical (unpaired) electrons. The van der Waals surface area contributed by atoms with E-state index >= 15 is 0 Å². The van der Waals surface area contributed by atoms with Crippen LogP contribution in [0, 0.1) is 5.92 Å². The molecule has 0 nitrogen and oxygen atoms in total. The second-order valence-corrected chi connectivity index (χ2v) is 8.47. The average molecular weight is 343 g/mol. The SMILES string of the molecule is CCCCCCCCCCc1ccc(C2CCC(CCC)CC2)cc1. The van der Waals surface area contributed by atoms with E-state index in [1.807, 2.05) is 0 Å². The van der Waals surface area contributed by atoms with Gasteiger partial charge in [-0.15, -0.1) is 0 Å². The number of aryl methyl sites for hydroxylation is 1. The Morgan fingerprint density at radius 3 is 1.88 bits per heavy atom. The Morgan fingerprint density at radius 1 is 0.680 bits per heavy atom. The number of hydrogen-bond donors (Lipinski definition) is 0. The first-order chi connectivity index (χ1) is 12.3. The van der Waals surface area contributed by atoms with Gasteiger partial charge in [0, 0.05) is 0 Å². The summed E-state index contributed by atoms with van der Waals surface area (Å²) in [4.78, 5) is 0. The summed E-state index contributed by atoms with van der Waals surface area (Å²) in [6, 6.07) is 9.69. The van der Waals surface area contributed by atoms with Crippen molar-refractivity contribution in [2.45, 2.75) is 116 Å². The van der Waals surface area contributed by atoms with Crippen LogP contribution in [0.1, 0.15) is 121 Å². The van der Waals surface area contributed by atoms with Crippen LogP contribution in [0.15, 0.2) is 24.3 Å². The molecule has 1 aromatic carbocycles. The van der Waals surface area contributed by atoms with Crippen LogP contribution in [-0.2, 0) is 6.42 Å². The monoisotopic (exact) mass is 342 g/mol. The van der Waals surface area contributed by atoms with Gasteiger partial charge in [0.2, 0.25) is 0 Å². The predicted octanol–water partition coefficient (Wildman–Crippen LogP) is 8.44. The van der Waals surface area contributed by atoms with Gasteiger partial charge in [-0.25, -0.2) is 0 Å². The Bertz CT molecular complexity index is 422. The third kappa shape index (κ3) is 7.97. The maximum Gasteiger partial charge on any atom is -0.0162 e. The second-order valence-electron chi connectivity index (χ2n) is 8.47. The Hall–Kier alpha value is -0.780. The van der Waals surface area contributed by atoms with Crippen LogP contribution in [0.25, 0.3) is 0 Å². The van der Waals surface area contributed by atoms with Gasteiger partial charge in [-0.05, 0) is 61.5 Å². The molecule has 0 N–H and O–H groups in total. The van der Waals surface area contributed by atoms with Crippen molar-refractivity contribution in [3.63, 3.8) is 0 Å². The van der Waals surface area contributed by atoms with E-state index in [1.165, 1.54) is 96.3 Å². The first-order valence-electron chi connectivity index (χ1n) is 11.4. The van der Waals surface area contributed by atoms with Crippen molar-refractivity contribution in [1.82, 2.24) is 0 Å². The first-order valence-corrected chi connectivity index (χ1v) is 11.4. The maximum absolute atomic E-state index is 2.44. The molecule has 0 heteroatoms. The summed E-state index contributed by atoms with van der Waals surface area (Å²) in [6.45, 7) is 4.62. The molecule has 2 rings (SSSR count). The third-order valence-corrected chi connectivity index (χ3v) is 6.31. The van der Waals surface area contributed by atoms with E-state index in [-0.39, 0.29) is 0 Å². The summed E-state index contributed by atoms with van der Waals surface area (Å²) in [6.07, 6.45) is 21.2. The molecule has 0 amide bonds. The van der Waals surface area contributed by atoms with Gasteiger partial charge in [-0.3, -0.25) is 0 Å². The molecule has 0 unspecified atom stereocenters. The minimum Gasteiger partial charge on any atom is -0.0654 e. The standard InChI is InChI=1S/C25H42/c1-3-5-6-7-8-9-10-11-13-23-16-20-25(21-17-23)24-18-14-22(12-4-2)15-19-24/h16-17,20-22,24H,3-15,18-19H2,1-2H3. The Balaban J connectivity index is 1.60. The number of rotatable bonds is 12. The Labute approximate surface area is 157 Å². The Morgan fingerprint density at radius 2 is 1.28 bits per heavy atom. The fourth-order valence-electron chi connectivity index (χ4n) is 4.61. The fraction of sp³-hybridized carbons (Fsp3) is 0.760. The van der Waals surface area contributed by atoms with Gasteiger partial charge in [0.25, 0.3) is 0 Å². The van der Waals surface area contributed by atoms with Crippen molar-refractivity contribution in [3.8, 4) is 0 Å². The zero-order valence-electron chi connectivity index (χ0n) is 17.1. The summed E-state index contributed by atoms with van der Waals surface area (Å²) in [5.74, 6) is 1.85. The van der Waals surface area contributed by atoms with E-state index < -0.39 is 0 Å². The molecule has 1 fully saturated rings. The molecule has 1 aliphatic rings. The van der Waals surface area contributed by atoms with E-state index in [9.17, 15) is 0 Å². The average Bonchev–Trinajstić information content (AvgIpc) is 2.65. The van der Waals surface area contributed by atoms with Crippen molar-refractivity contribution in [1.29, 1.82) is 0 Å². The lowest BCUT2D eigenvalue weighted by Gasteiger charge is -2.28. The quantitative estimate of drug-likeness (QED) is 0.334. The molecular formula is C25H42. The first kappa shape index (κ1) is 20.5. The van der Waals surface area contributed by atoms with Gasteiger partial charge in [0.1, 0.15) is 0 Å². The molecule has 142 valence electrons. The molecule has 0 bridgehead atoms. The van der Waals surface area contributed by atoms with E-state index in [0.29, 0.717) is 0 Å². The molecule has 1 saturated carbocycles. The molecule has 1 aliphatic carbocycles. The zero-order valence-corrected chi connectivity index (χ0v) is 17.1. The highest BCUT2D eigenvalue weighted by molar-refractivity contribution is 5.25. The van der Waals surface area contributed by atoms with Crippen molar-refractivity contribution in [2.75, 3.05) is 0 Å². The lowest BCUT2D eigenvalue weighted by atomic mass is 9.77. The zero-order chi connectivity index (χ0) is 17.7. The minimum atomic E-state index is 0.838. The molecule has 0 spiro atoms. The van der Waals surface area contributed by atoms with Crippen molar-refractivity contribution < 1.29 is 0 Å². The third-order valence-electron chi connectivity index (χ3n) is 6.31. The fourth-order valence-corrected chi connectivity index (χ4v) is 4.61. The molecule has 0 heterocycles. The molecule has 1 aromatic rings. The maximum atomic E-state index is 2.44. The molecule has 25 heavy (non-hydrogen) atoms. The number of benzene rings is 1. The van der Waals surface area contributed by atoms with Crippen LogP contribution in [0.4, 0.5) is 0 Å². The number of unbranched alkanes of at least 4 members (excludes halogenated alkanes) is 7. The Kier molecular flexibility index (Phi) is 10.3. The van der Waals surface area contributed by atoms with Gasteiger partial charge < -0.3 is 0 Å². The molecule has 0 aliphatic heterocycles. The highest BCUT2D eigenvalue weighted by Crippen LogP contribution is 2.37. The van der Waals surface area contributed by atoms with Crippen molar-refractivity contribution in [2.24, 2.45) is 5.92 Å². The molecule has 0 aromatic heterocycles. The normalized spacial score (nSPS) is 20.7. The lowest BCUT2D eigenvalue weighted by Crippen LogP contribution is -2.13. The van der Waals surface area contributed by atoms with Gasteiger partial charge in [0.15, 0.2) is 0 Å². The molecule has 0 saturated heterocycles. The van der Waals surface area contributed by atoms with E-state index in [2.05, 4.69) is 38.1 Å². The van der Waals surface area contributed by atoms with Crippen LogP contribution in [0.3, 0.4) is 0 Å².